The van der Waals surface area contributed by atoms with Gasteiger partial charge in [0.1, 0.15) is 0 Å². The summed E-state index contributed by atoms with van der Waals surface area (Å²) in [4.78, 5) is 0. The third kappa shape index (κ3) is 12.2. The van der Waals surface area contributed by atoms with E-state index in [2.05, 4.69) is 6.92 Å². The summed E-state index contributed by atoms with van der Waals surface area (Å²) in [6.07, 6.45) is 14.0. The summed E-state index contributed by atoms with van der Waals surface area (Å²) in [7, 11) is 0. The summed E-state index contributed by atoms with van der Waals surface area (Å²) in [5, 5.41) is 9.52. The Morgan fingerprint density at radius 3 is 1.65 bits per heavy atom. The number of aliphatic hydroxyl groups is 1. The number of hydrogen-bond donors (Lipinski definition) is 2. The average Bonchev–Trinajstić information content (AvgIpc) is 2.31. The van der Waals surface area contributed by atoms with Gasteiger partial charge in [0.05, 0.1) is 6.10 Å². The van der Waals surface area contributed by atoms with Gasteiger partial charge in [-0.05, 0) is 13.3 Å². The van der Waals surface area contributed by atoms with Crippen LogP contribution in [-0.4, -0.2) is 17.3 Å². The van der Waals surface area contributed by atoms with Crippen LogP contribution in [0, 0.1) is 0 Å². The maximum atomic E-state index is 9.52. The predicted molar refractivity (Wildman–Crippen MR) is 76.1 cm³/mol. The largest absolute Gasteiger partial charge is 0.392 e. The standard InChI is InChI=1S/C15H33NO/c1-3-4-5-6-7-8-9-10-11-12-13-15(17)14(2)16/h14-15,17H,3-13,16H2,1-2H3. The highest BCUT2D eigenvalue weighted by molar-refractivity contribution is 4.65. The first-order valence-corrected chi connectivity index (χ1v) is 7.62. The molecule has 0 aliphatic carbocycles. The molecule has 0 saturated carbocycles. The van der Waals surface area contributed by atoms with Gasteiger partial charge in [-0.15, -0.1) is 0 Å². The lowest BCUT2D eigenvalue weighted by Gasteiger charge is -2.13. The molecule has 0 amide bonds. The van der Waals surface area contributed by atoms with E-state index in [0.717, 1.165) is 12.8 Å². The highest BCUT2D eigenvalue weighted by Gasteiger charge is 2.07. The van der Waals surface area contributed by atoms with E-state index in [0.29, 0.717) is 0 Å². The van der Waals surface area contributed by atoms with E-state index in [1.165, 1.54) is 57.8 Å². The molecule has 17 heavy (non-hydrogen) atoms. The van der Waals surface area contributed by atoms with Gasteiger partial charge < -0.3 is 10.8 Å². The zero-order chi connectivity index (χ0) is 12.9. The molecule has 0 bridgehead atoms. The Morgan fingerprint density at radius 2 is 1.24 bits per heavy atom. The SMILES string of the molecule is CCCCCCCCCCCCC(O)C(C)N. The van der Waals surface area contributed by atoms with Gasteiger partial charge in [-0.1, -0.05) is 71.1 Å². The van der Waals surface area contributed by atoms with Crippen LogP contribution in [-0.2, 0) is 0 Å². The Kier molecular flexibility index (Phi) is 12.3. The number of aliphatic hydroxyl groups excluding tert-OH is 1. The number of hydrogen-bond acceptors (Lipinski definition) is 2. The fourth-order valence-electron chi connectivity index (χ4n) is 2.10. The molecule has 104 valence electrons. The average molecular weight is 243 g/mol. The van der Waals surface area contributed by atoms with Gasteiger partial charge in [0, 0.05) is 6.04 Å². The maximum Gasteiger partial charge on any atom is 0.0688 e. The molecule has 2 heteroatoms. The lowest BCUT2D eigenvalue weighted by atomic mass is 10.0. The number of nitrogens with two attached hydrogens (primary N) is 1. The highest BCUT2D eigenvalue weighted by Crippen LogP contribution is 2.12. The van der Waals surface area contributed by atoms with Crippen molar-refractivity contribution in [1.29, 1.82) is 0 Å². The first-order valence-electron chi connectivity index (χ1n) is 7.62. The molecule has 0 saturated heterocycles. The molecule has 0 aliphatic rings. The second kappa shape index (κ2) is 12.4. The van der Waals surface area contributed by atoms with E-state index in [-0.39, 0.29) is 12.1 Å². The second-order valence-electron chi connectivity index (χ2n) is 5.40. The van der Waals surface area contributed by atoms with E-state index < -0.39 is 0 Å². The van der Waals surface area contributed by atoms with Crippen molar-refractivity contribution >= 4 is 0 Å². The smallest absolute Gasteiger partial charge is 0.0688 e. The third-order valence-corrected chi connectivity index (χ3v) is 3.46. The lowest BCUT2D eigenvalue weighted by Crippen LogP contribution is -2.31. The molecule has 0 radical (unpaired) electrons. The van der Waals surface area contributed by atoms with Crippen LogP contribution in [0.5, 0.6) is 0 Å². The van der Waals surface area contributed by atoms with Crippen LogP contribution in [0.4, 0.5) is 0 Å². The fourth-order valence-corrected chi connectivity index (χ4v) is 2.10. The number of unbranched alkanes of at least 4 members (excludes halogenated alkanes) is 9. The summed E-state index contributed by atoms with van der Waals surface area (Å²) >= 11 is 0. The molecule has 0 rings (SSSR count). The monoisotopic (exact) mass is 243 g/mol. The molecule has 0 aliphatic heterocycles. The zero-order valence-electron chi connectivity index (χ0n) is 12.0. The summed E-state index contributed by atoms with van der Waals surface area (Å²) in [5.74, 6) is 0. The Morgan fingerprint density at radius 1 is 0.824 bits per heavy atom. The summed E-state index contributed by atoms with van der Waals surface area (Å²) in [5.41, 5.74) is 5.61. The van der Waals surface area contributed by atoms with Crippen LogP contribution in [0.2, 0.25) is 0 Å². The van der Waals surface area contributed by atoms with Crippen molar-refractivity contribution in [3.05, 3.63) is 0 Å². The van der Waals surface area contributed by atoms with Crippen LogP contribution in [0.1, 0.15) is 84.5 Å². The molecule has 3 N–H and O–H groups in total. The molecule has 2 unspecified atom stereocenters. The summed E-state index contributed by atoms with van der Waals surface area (Å²) < 4.78 is 0. The maximum absolute atomic E-state index is 9.52. The first-order chi connectivity index (χ1) is 8.18. The van der Waals surface area contributed by atoms with Crippen LogP contribution >= 0.6 is 0 Å². The van der Waals surface area contributed by atoms with Crippen LogP contribution in [0.25, 0.3) is 0 Å². The Bertz CT molecular complexity index is 148. The first kappa shape index (κ1) is 16.9. The minimum Gasteiger partial charge on any atom is -0.392 e. The molecule has 0 spiro atoms. The quantitative estimate of drug-likeness (QED) is 0.509. The molecule has 0 aromatic carbocycles. The van der Waals surface area contributed by atoms with E-state index in [4.69, 9.17) is 5.73 Å². The lowest BCUT2D eigenvalue weighted by molar-refractivity contribution is 0.138. The van der Waals surface area contributed by atoms with Crippen molar-refractivity contribution in [1.82, 2.24) is 0 Å². The van der Waals surface area contributed by atoms with Gasteiger partial charge in [0.25, 0.3) is 0 Å². The number of rotatable bonds is 12. The van der Waals surface area contributed by atoms with Crippen molar-refractivity contribution in [2.45, 2.75) is 96.6 Å². The predicted octanol–water partition coefficient (Wildman–Crippen LogP) is 4.01. The highest BCUT2D eigenvalue weighted by atomic mass is 16.3. The molecular formula is C15H33NO. The van der Waals surface area contributed by atoms with E-state index in [1.807, 2.05) is 6.92 Å². The van der Waals surface area contributed by atoms with Gasteiger partial charge in [-0.2, -0.15) is 0 Å². The summed E-state index contributed by atoms with van der Waals surface area (Å²) in [6, 6.07) is -0.0754. The molecule has 0 heterocycles. The minimum absolute atomic E-state index is 0.0754. The molecular weight excluding hydrogens is 210 g/mol. The Balaban J connectivity index is 3.03. The van der Waals surface area contributed by atoms with Crippen molar-refractivity contribution < 1.29 is 5.11 Å². The third-order valence-electron chi connectivity index (χ3n) is 3.46. The molecule has 2 nitrogen and oxygen atoms in total. The van der Waals surface area contributed by atoms with Crippen molar-refractivity contribution in [3.8, 4) is 0 Å². The topological polar surface area (TPSA) is 46.2 Å². The van der Waals surface area contributed by atoms with Crippen LogP contribution in [0.15, 0.2) is 0 Å². The molecule has 0 fully saturated rings. The van der Waals surface area contributed by atoms with E-state index in [9.17, 15) is 5.11 Å². The minimum atomic E-state index is -0.302. The van der Waals surface area contributed by atoms with Gasteiger partial charge in [-0.25, -0.2) is 0 Å². The molecule has 0 aromatic rings. The summed E-state index contributed by atoms with van der Waals surface area (Å²) in [6.45, 7) is 4.14. The van der Waals surface area contributed by atoms with Gasteiger partial charge in [0.15, 0.2) is 0 Å². The fraction of sp³-hybridized carbons (Fsp3) is 1.00. The van der Waals surface area contributed by atoms with Crippen LogP contribution in [0.3, 0.4) is 0 Å². The van der Waals surface area contributed by atoms with Gasteiger partial charge in [0.2, 0.25) is 0 Å². The molecule has 2 atom stereocenters. The van der Waals surface area contributed by atoms with Gasteiger partial charge in [-0.3, -0.25) is 0 Å². The van der Waals surface area contributed by atoms with E-state index >= 15 is 0 Å². The van der Waals surface area contributed by atoms with Gasteiger partial charge >= 0.3 is 0 Å². The van der Waals surface area contributed by atoms with Crippen LogP contribution < -0.4 is 5.73 Å². The molecule has 0 aromatic heterocycles. The zero-order valence-corrected chi connectivity index (χ0v) is 12.0. The van der Waals surface area contributed by atoms with Crippen molar-refractivity contribution in [3.63, 3.8) is 0 Å². The normalized spacial score (nSPS) is 14.8. The second-order valence-corrected chi connectivity index (χ2v) is 5.40. The Hall–Kier alpha value is -0.0800. The van der Waals surface area contributed by atoms with E-state index in [1.54, 1.807) is 0 Å². The Labute approximate surface area is 108 Å². The van der Waals surface area contributed by atoms with Crippen molar-refractivity contribution in [2.75, 3.05) is 0 Å². The van der Waals surface area contributed by atoms with Crippen molar-refractivity contribution in [2.24, 2.45) is 5.73 Å².